The number of rotatable bonds is 1. The predicted octanol–water partition coefficient (Wildman–Crippen LogP) is 2.76. The molecule has 0 aromatic heterocycles. The Labute approximate surface area is 107 Å². The Balaban J connectivity index is 1.76. The van der Waals surface area contributed by atoms with Gasteiger partial charge in [0.05, 0.1) is 5.60 Å². The molecular formula is C14H24O2S. The molecule has 1 aliphatic carbocycles. The molecule has 98 valence electrons. The fraction of sp³-hybridized carbons (Fsp3) is 1.00. The van der Waals surface area contributed by atoms with Crippen LogP contribution in [-0.4, -0.2) is 25.4 Å². The van der Waals surface area contributed by atoms with Crippen LogP contribution in [0.5, 0.6) is 0 Å². The minimum Gasteiger partial charge on any atom is -0.390 e. The number of hydrogen-bond donors (Lipinski definition) is 1. The highest BCUT2D eigenvalue weighted by molar-refractivity contribution is 7.86. The lowest BCUT2D eigenvalue weighted by Crippen LogP contribution is -2.53. The standard InChI is InChI=1S/C14H24O2S/c15-14(11-5-2-1-3-6-11)9-12-7-4-8-13(10-14)17(12)16/h11-13,15H,1-10H2. The normalized spacial score (nSPS) is 47.9. The first-order chi connectivity index (χ1) is 8.19. The molecule has 2 atom stereocenters. The molecule has 3 fully saturated rings. The Hall–Kier alpha value is 0.110. The summed E-state index contributed by atoms with van der Waals surface area (Å²) in [5, 5.41) is 11.6. The van der Waals surface area contributed by atoms with E-state index in [9.17, 15) is 9.32 Å². The minimum absolute atomic E-state index is 0.300. The molecule has 0 aromatic carbocycles. The van der Waals surface area contributed by atoms with Gasteiger partial charge in [-0.25, -0.2) is 0 Å². The van der Waals surface area contributed by atoms with E-state index in [0.29, 0.717) is 16.4 Å². The van der Waals surface area contributed by atoms with Gasteiger partial charge >= 0.3 is 0 Å². The predicted molar refractivity (Wildman–Crippen MR) is 70.3 cm³/mol. The SMILES string of the molecule is O=S1C2CCCC1CC(O)(C1CCCCC1)C2. The first-order valence-electron chi connectivity index (χ1n) is 7.31. The van der Waals surface area contributed by atoms with Crippen molar-refractivity contribution in [2.75, 3.05) is 0 Å². The van der Waals surface area contributed by atoms with Crippen LogP contribution in [0.4, 0.5) is 0 Å². The van der Waals surface area contributed by atoms with E-state index >= 15 is 0 Å². The van der Waals surface area contributed by atoms with E-state index in [0.717, 1.165) is 25.7 Å². The quantitative estimate of drug-likeness (QED) is 0.783. The first-order valence-corrected chi connectivity index (χ1v) is 8.58. The average Bonchev–Trinajstić information content (AvgIpc) is 2.33. The van der Waals surface area contributed by atoms with Gasteiger partial charge in [0.15, 0.2) is 0 Å². The fourth-order valence-electron chi connectivity index (χ4n) is 4.29. The Morgan fingerprint density at radius 2 is 1.47 bits per heavy atom. The molecule has 2 aliphatic heterocycles. The smallest absolute Gasteiger partial charge is 0.0698 e. The van der Waals surface area contributed by atoms with E-state index in [1.54, 1.807) is 0 Å². The highest BCUT2D eigenvalue weighted by atomic mass is 32.2. The number of hydrogen-bond acceptors (Lipinski definition) is 2. The van der Waals surface area contributed by atoms with Crippen LogP contribution in [-0.2, 0) is 10.8 Å². The maximum Gasteiger partial charge on any atom is 0.0698 e. The van der Waals surface area contributed by atoms with E-state index in [2.05, 4.69) is 0 Å². The molecule has 17 heavy (non-hydrogen) atoms. The van der Waals surface area contributed by atoms with Crippen molar-refractivity contribution in [1.29, 1.82) is 0 Å². The van der Waals surface area contributed by atoms with Gasteiger partial charge in [0.25, 0.3) is 0 Å². The summed E-state index contributed by atoms with van der Waals surface area (Å²) in [6.07, 6.45) is 11.3. The van der Waals surface area contributed by atoms with Crippen LogP contribution < -0.4 is 0 Å². The molecule has 0 radical (unpaired) electrons. The van der Waals surface area contributed by atoms with Gasteiger partial charge in [0, 0.05) is 21.3 Å². The van der Waals surface area contributed by atoms with Gasteiger partial charge in [-0.15, -0.1) is 0 Å². The van der Waals surface area contributed by atoms with Gasteiger partial charge in [0.1, 0.15) is 0 Å². The van der Waals surface area contributed by atoms with Crippen molar-refractivity contribution in [3.8, 4) is 0 Å². The van der Waals surface area contributed by atoms with Crippen molar-refractivity contribution in [2.24, 2.45) is 5.92 Å². The van der Waals surface area contributed by atoms with E-state index in [1.165, 1.54) is 38.5 Å². The second-order valence-corrected chi connectivity index (χ2v) is 8.34. The van der Waals surface area contributed by atoms with Crippen LogP contribution >= 0.6 is 0 Å². The van der Waals surface area contributed by atoms with Gasteiger partial charge in [-0.1, -0.05) is 25.7 Å². The molecule has 3 rings (SSSR count). The summed E-state index contributed by atoms with van der Waals surface area (Å²) in [6.45, 7) is 0. The summed E-state index contributed by atoms with van der Waals surface area (Å²) in [6, 6.07) is 0. The second kappa shape index (κ2) is 4.65. The molecule has 2 unspecified atom stereocenters. The van der Waals surface area contributed by atoms with Gasteiger partial charge in [-0.05, 0) is 44.4 Å². The summed E-state index contributed by atoms with van der Waals surface area (Å²) in [4.78, 5) is 0. The van der Waals surface area contributed by atoms with E-state index in [-0.39, 0.29) is 0 Å². The third-order valence-corrected chi connectivity index (χ3v) is 7.36. The Morgan fingerprint density at radius 1 is 0.882 bits per heavy atom. The molecule has 0 aromatic rings. The zero-order chi connectivity index (χ0) is 11.9. The molecular weight excluding hydrogens is 232 g/mol. The van der Waals surface area contributed by atoms with Gasteiger partial charge in [0.2, 0.25) is 0 Å². The molecule has 1 saturated carbocycles. The summed E-state index contributed by atoms with van der Waals surface area (Å²) in [5.74, 6) is 0.497. The van der Waals surface area contributed by atoms with Crippen molar-refractivity contribution in [3.63, 3.8) is 0 Å². The second-order valence-electron chi connectivity index (χ2n) is 6.35. The fourth-order valence-corrected chi connectivity index (χ4v) is 6.54. The Kier molecular flexibility index (Phi) is 3.33. The molecule has 3 heteroatoms. The summed E-state index contributed by atoms with van der Waals surface area (Å²) in [5.41, 5.74) is -0.468. The van der Waals surface area contributed by atoms with Crippen molar-refractivity contribution < 1.29 is 9.32 Å². The monoisotopic (exact) mass is 256 g/mol. The Morgan fingerprint density at radius 3 is 2.06 bits per heavy atom. The van der Waals surface area contributed by atoms with Crippen molar-refractivity contribution in [3.05, 3.63) is 0 Å². The van der Waals surface area contributed by atoms with Crippen LogP contribution in [0.2, 0.25) is 0 Å². The summed E-state index contributed by atoms with van der Waals surface area (Å²) < 4.78 is 12.2. The zero-order valence-electron chi connectivity index (χ0n) is 10.6. The maximum atomic E-state index is 12.2. The molecule has 0 spiro atoms. The van der Waals surface area contributed by atoms with E-state index in [1.807, 2.05) is 0 Å². The van der Waals surface area contributed by atoms with Gasteiger partial charge < -0.3 is 5.11 Å². The topological polar surface area (TPSA) is 37.3 Å². The van der Waals surface area contributed by atoms with Gasteiger partial charge in [-0.2, -0.15) is 0 Å². The molecule has 3 aliphatic rings. The lowest BCUT2D eigenvalue weighted by Gasteiger charge is -2.48. The van der Waals surface area contributed by atoms with Crippen LogP contribution in [0.25, 0.3) is 0 Å². The molecule has 2 bridgehead atoms. The zero-order valence-corrected chi connectivity index (χ0v) is 11.4. The van der Waals surface area contributed by atoms with E-state index < -0.39 is 16.4 Å². The maximum absolute atomic E-state index is 12.2. The Bertz CT molecular complexity index is 293. The summed E-state index contributed by atoms with van der Waals surface area (Å²) in [7, 11) is -0.647. The highest BCUT2D eigenvalue weighted by Gasteiger charge is 2.49. The third-order valence-electron chi connectivity index (χ3n) is 5.24. The van der Waals surface area contributed by atoms with Gasteiger partial charge in [-0.3, -0.25) is 4.21 Å². The molecule has 0 amide bonds. The number of aliphatic hydroxyl groups is 1. The molecule has 2 saturated heterocycles. The van der Waals surface area contributed by atoms with Crippen LogP contribution in [0.15, 0.2) is 0 Å². The first kappa shape index (κ1) is 12.2. The van der Waals surface area contributed by atoms with Crippen molar-refractivity contribution in [2.45, 2.75) is 80.3 Å². The minimum atomic E-state index is -0.647. The van der Waals surface area contributed by atoms with Crippen LogP contribution in [0.3, 0.4) is 0 Å². The number of fused-ring (bicyclic) bond motifs is 2. The molecule has 2 heterocycles. The summed E-state index contributed by atoms with van der Waals surface area (Å²) >= 11 is 0. The van der Waals surface area contributed by atoms with Crippen LogP contribution in [0, 0.1) is 5.92 Å². The lowest BCUT2D eigenvalue weighted by atomic mass is 9.71. The average molecular weight is 256 g/mol. The highest BCUT2D eigenvalue weighted by Crippen LogP contribution is 2.46. The van der Waals surface area contributed by atoms with E-state index in [4.69, 9.17) is 0 Å². The third kappa shape index (κ3) is 2.21. The molecule has 1 N–H and O–H groups in total. The lowest BCUT2D eigenvalue weighted by molar-refractivity contribution is -0.0552. The van der Waals surface area contributed by atoms with Crippen LogP contribution in [0.1, 0.15) is 64.2 Å². The largest absolute Gasteiger partial charge is 0.390 e. The van der Waals surface area contributed by atoms with Crippen molar-refractivity contribution in [1.82, 2.24) is 0 Å². The molecule has 2 nitrogen and oxygen atoms in total. The van der Waals surface area contributed by atoms with Crippen molar-refractivity contribution >= 4 is 10.8 Å².